The molecule has 2 aliphatic rings. The SMILES string of the molecule is COC1C=C2C(=CCC1)CCN=C2C. The van der Waals surface area contributed by atoms with E-state index >= 15 is 0 Å². The van der Waals surface area contributed by atoms with Gasteiger partial charge in [0.05, 0.1) is 6.10 Å². The zero-order valence-electron chi connectivity index (χ0n) is 8.92. The van der Waals surface area contributed by atoms with Gasteiger partial charge in [0.2, 0.25) is 0 Å². The predicted octanol–water partition coefficient (Wildman–Crippen LogP) is 2.51. The van der Waals surface area contributed by atoms with Crippen molar-refractivity contribution in [3.05, 3.63) is 23.3 Å². The quantitative estimate of drug-likeness (QED) is 0.624. The van der Waals surface area contributed by atoms with Gasteiger partial charge >= 0.3 is 0 Å². The first-order chi connectivity index (χ1) is 6.81. The first-order valence-corrected chi connectivity index (χ1v) is 5.26. The van der Waals surface area contributed by atoms with Gasteiger partial charge in [0.1, 0.15) is 0 Å². The number of allylic oxidation sites excluding steroid dienone is 2. The van der Waals surface area contributed by atoms with Crippen LogP contribution in [0, 0.1) is 0 Å². The van der Waals surface area contributed by atoms with E-state index in [2.05, 4.69) is 24.1 Å². The molecule has 14 heavy (non-hydrogen) atoms. The second-order valence-electron chi connectivity index (χ2n) is 3.88. The van der Waals surface area contributed by atoms with Crippen molar-refractivity contribution < 1.29 is 4.74 Å². The summed E-state index contributed by atoms with van der Waals surface area (Å²) in [4.78, 5) is 4.48. The minimum atomic E-state index is 0.266. The molecule has 1 atom stereocenters. The van der Waals surface area contributed by atoms with Gasteiger partial charge in [0.15, 0.2) is 0 Å². The third-order valence-corrected chi connectivity index (χ3v) is 2.96. The monoisotopic (exact) mass is 191 g/mol. The Balaban J connectivity index is 2.33. The Morgan fingerprint density at radius 3 is 3.14 bits per heavy atom. The number of nitrogens with zero attached hydrogens (tertiary/aromatic N) is 1. The van der Waals surface area contributed by atoms with E-state index in [0.29, 0.717) is 0 Å². The Kier molecular flexibility index (Phi) is 2.82. The number of fused-ring (bicyclic) bond motifs is 1. The Morgan fingerprint density at radius 2 is 2.36 bits per heavy atom. The van der Waals surface area contributed by atoms with Crippen LogP contribution in [0.4, 0.5) is 0 Å². The average molecular weight is 191 g/mol. The van der Waals surface area contributed by atoms with Crippen LogP contribution in [-0.4, -0.2) is 25.5 Å². The molecule has 0 aromatic rings. The second-order valence-corrected chi connectivity index (χ2v) is 3.88. The minimum absolute atomic E-state index is 0.266. The van der Waals surface area contributed by atoms with Crippen molar-refractivity contribution in [3.63, 3.8) is 0 Å². The molecule has 0 aromatic heterocycles. The van der Waals surface area contributed by atoms with Crippen molar-refractivity contribution in [1.29, 1.82) is 0 Å². The van der Waals surface area contributed by atoms with E-state index in [4.69, 9.17) is 4.74 Å². The number of ether oxygens (including phenoxy) is 1. The molecular weight excluding hydrogens is 174 g/mol. The molecule has 1 aliphatic heterocycles. The number of rotatable bonds is 1. The molecule has 2 rings (SSSR count). The molecule has 1 heterocycles. The molecule has 0 fully saturated rings. The van der Waals surface area contributed by atoms with Crippen LogP contribution in [0.3, 0.4) is 0 Å². The molecule has 0 spiro atoms. The highest BCUT2D eigenvalue weighted by molar-refractivity contribution is 6.03. The molecule has 0 amide bonds. The lowest BCUT2D eigenvalue weighted by Gasteiger charge is -2.17. The standard InChI is InChI=1S/C12H17NO/c1-9-12-8-11(14-2)5-3-4-10(12)6-7-13-9/h4,8,11H,3,5-7H2,1-2H3. The summed E-state index contributed by atoms with van der Waals surface area (Å²) >= 11 is 0. The molecule has 2 heteroatoms. The van der Waals surface area contributed by atoms with Crippen molar-refractivity contribution in [3.8, 4) is 0 Å². The van der Waals surface area contributed by atoms with Crippen molar-refractivity contribution in [2.24, 2.45) is 4.99 Å². The van der Waals surface area contributed by atoms with Crippen LogP contribution in [0.2, 0.25) is 0 Å². The van der Waals surface area contributed by atoms with E-state index in [-0.39, 0.29) is 6.10 Å². The maximum absolute atomic E-state index is 5.40. The molecule has 0 N–H and O–H groups in total. The van der Waals surface area contributed by atoms with Crippen molar-refractivity contribution in [2.75, 3.05) is 13.7 Å². The van der Waals surface area contributed by atoms with Crippen LogP contribution in [0.15, 0.2) is 28.3 Å². The first kappa shape index (κ1) is 9.66. The molecule has 0 saturated heterocycles. The summed E-state index contributed by atoms with van der Waals surface area (Å²) in [5, 5.41) is 0. The van der Waals surface area contributed by atoms with Crippen molar-refractivity contribution in [1.82, 2.24) is 0 Å². The Bertz CT molecular complexity index is 312. The maximum Gasteiger partial charge on any atom is 0.0764 e. The molecule has 76 valence electrons. The summed E-state index contributed by atoms with van der Waals surface area (Å²) in [6, 6.07) is 0. The number of aliphatic imine (C=N–C) groups is 1. The molecule has 2 nitrogen and oxygen atoms in total. The third kappa shape index (κ3) is 1.80. The van der Waals surface area contributed by atoms with Crippen molar-refractivity contribution in [2.45, 2.75) is 32.3 Å². The van der Waals surface area contributed by atoms with Gasteiger partial charge in [-0.05, 0) is 43.4 Å². The smallest absolute Gasteiger partial charge is 0.0764 e. The third-order valence-electron chi connectivity index (χ3n) is 2.96. The molecule has 0 bridgehead atoms. The molecule has 1 unspecified atom stereocenters. The summed E-state index contributed by atoms with van der Waals surface area (Å²) in [5.74, 6) is 0. The first-order valence-electron chi connectivity index (χ1n) is 5.26. The minimum Gasteiger partial charge on any atom is -0.377 e. The largest absolute Gasteiger partial charge is 0.377 e. The van der Waals surface area contributed by atoms with E-state index in [1.807, 2.05) is 0 Å². The second kappa shape index (κ2) is 4.09. The van der Waals surface area contributed by atoms with Gasteiger partial charge in [-0.15, -0.1) is 0 Å². The van der Waals surface area contributed by atoms with E-state index in [1.54, 1.807) is 7.11 Å². The normalized spacial score (nSPS) is 27.0. The van der Waals surface area contributed by atoms with E-state index in [9.17, 15) is 0 Å². The predicted molar refractivity (Wildman–Crippen MR) is 58.8 cm³/mol. The molecular formula is C12H17NO. The fraction of sp³-hybridized carbons (Fsp3) is 0.583. The van der Waals surface area contributed by atoms with E-state index in [0.717, 1.165) is 25.8 Å². The van der Waals surface area contributed by atoms with Gasteiger partial charge in [0.25, 0.3) is 0 Å². The molecule has 0 radical (unpaired) electrons. The number of hydrogen-bond acceptors (Lipinski definition) is 2. The number of methoxy groups -OCH3 is 1. The van der Waals surface area contributed by atoms with Gasteiger partial charge < -0.3 is 4.74 Å². The van der Waals surface area contributed by atoms with Gasteiger partial charge in [0, 0.05) is 19.4 Å². The van der Waals surface area contributed by atoms with E-state index < -0.39 is 0 Å². The fourth-order valence-electron chi connectivity index (χ4n) is 2.11. The van der Waals surface area contributed by atoms with Gasteiger partial charge in [-0.3, -0.25) is 4.99 Å². The lowest BCUT2D eigenvalue weighted by Crippen LogP contribution is -2.12. The Morgan fingerprint density at radius 1 is 1.50 bits per heavy atom. The van der Waals surface area contributed by atoms with Crippen molar-refractivity contribution >= 4 is 5.71 Å². The van der Waals surface area contributed by atoms with Gasteiger partial charge in [-0.25, -0.2) is 0 Å². The lowest BCUT2D eigenvalue weighted by molar-refractivity contribution is 0.135. The molecule has 0 saturated carbocycles. The summed E-state index contributed by atoms with van der Waals surface area (Å²) < 4.78 is 5.40. The molecule has 1 aliphatic carbocycles. The summed E-state index contributed by atoms with van der Waals surface area (Å²) in [7, 11) is 1.78. The summed E-state index contributed by atoms with van der Waals surface area (Å²) in [6.45, 7) is 3.05. The Labute approximate surface area is 85.4 Å². The van der Waals surface area contributed by atoms with Crippen LogP contribution in [-0.2, 0) is 4.74 Å². The molecule has 0 aromatic carbocycles. The fourth-order valence-corrected chi connectivity index (χ4v) is 2.11. The number of hydrogen-bond donors (Lipinski definition) is 0. The van der Waals surface area contributed by atoms with Crippen LogP contribution >= 0.6 is 0 Å². The van der Waals surface area contributed by atoms with Crippen LogP contribution in [0.25, 0.3) is 0 Å². The van der Waals surface area contributed by atoms with Gasteiger partial charge in [-0.2, -0.15) is 0 Å². The summed E-state index contributed by atoms with van der Waals surface area (Å²) in [5.41, 5.74) is 3.96. The summed E-state index contributed by atoms with van der Waals surface area (Å²) in [6.07, 6.45) is 8.17. The van der Waals surface area contributed by atoms with Gasteiger partial charge in [-0.1, -0.05) is 6.08 Å². The zero-order valence-corrected chi connectivity index (χ0v) is 8.92. The lowest BCUT2D eigenvalue weighted by atomic mass is 9.96. The maximum atomic E-state index is 5.40. The van der Waals surface area contributed by atoms with Crippen LogP contribution < -0.4 is 0 Å². The zero-order chi connectivity index (χ0) is 9.97. The Hall–Kier alpha value is -0.890. The topological polar surface area (TPSA) is 21.6 Å². The highest BCUT2D eigenvalue weighted by Crippen LogP contribution is 2.26. The average Bonchev–Trinajstić information content (AvgIpc) is 2.40. The van der Waals surface area contributed by atoms with E-state index in [1.165, 1.54) is 16.9 Å². The highest BCUT2D eigenvalue weighted by Gasteiger charge is 2.18. The van der Waals surface area contributed by atoms with Crippen LogP contribution in [0.5, 0.6) is 0 Å². The highest BCUT2D eigenvalue weighted by atomic mass is 16.5. The van der Waals surface area contributed by atoms with Crippen LogP contribution in [0.1, 0.15) is 26.2 Å².